The van der Waals surface area contributed by atoms with Crippen LogP contribution in [0.2, 0.25) is 5.02 Å². The minimum atomic E-state index is -0.197. The Labute approximate surface area is 134 Å². The summed E-state index contributed by atoms with van der Waals surface area (Å²) in [5.74, 6) is -0.197. The molecule has 0 aliphatic carbocycles. The van der Waals surface area contributed by atoms with E-state index in [-0.39, 0.29) is 5.91 Å². The van der Waals surface area contributed by atoms with E-state index in [1.807, 2.05) is 24.3 Å². The van der Waals surface area contributed by atoms with Gasteiger partial charge in [0.1, 0.15) is 0 Å². The number of rotatable bonds is 3. The standard InChI is InChI=1S/C17H18ClN3O/c18-15-8-3-12(11-16(15)19)17(22)20-13-4-6-14(7-5-13)21-9-1-2-10-21/h3-8,11H,1-2,9-10,19H2,(H,20,22). The quantitative estimate of drug-likeness (QED) is 0.848. The lowest BCUT2D eigenvalue weighted by atomic mass is 10.2. The van der Waals surface area contributed by atoms with Crippen molar-refractivity contribution in [1.29, 1.82) is 0 Å². The predicted octanol–water partition coefficient (Wildman–Crippen LogP) is 3.77. The van der Waals surface area contributed by atoms with Gasteiger partial charge in [0, 0.05) is 30.0 Å². The van der Waals surface area contributed by atoms with Crippen LogP contribution in [0.15, 0.2) is 42.5 Å². The van der Waals surface area contributed by atoms with Crippen molar-refractivity contribution in [1.82, 2.24) is 0 Å². The average Bonchev–Trinajstić information content (AvgIpc) is 3.05. The third-order valence-corrected chi connectivity index (χ3v) is 4.20. The minimum Gasteiger partial charge on any atom is -0.398 e. The van der Waals surface area contributed by atoms with Gasteiger partial charge in [0.05, 0.1) is 10.7 Å². The first-order valence-electron chi connectivity index (χ1n) is 7.35. The molecule has 0 unspecified atom stereocenters. The van der Waals surface area contributed by atoms with Crippen molar-refractivity contribution in [2.75, 3.05) is 29.0 Å². The minimum absolute atomic E-state index is 0.197. The summed E-state index contributed by atoms with van der Waals surface area (Å²) in [6, 6.07) is 12.8. The third-order valence-electron chi connectivity index (χ3n) is 3.85. The van der Waals surface area contributed by atoms with Crippen LogP contribution >= 0.6 is 11.6 Å². The van der Waals surface area contributed by atoms with E-state index in [1.165, 1.54) is 18.5 Å². The van der Waals surface area contributed by atoms with Crippen LogP contribution in [-0.4, -0.2) is 19.0 Å². The monoisotopic (exact) mass is 315 g/mol. The van der Waals surface area contributed by atoms with Crippen molar-refractivity contribution >= 4 is 34.6 Å². The number of benzene rings is 2. The second kappa shape index (κ2) is 6.28. The lowest BCUT2D eigenvalue weighted by Gasteiger charge is -2.17. The Kier molecular flexibility index (Phi) is 4.20. The maximum Gasteiger partial charge on any atom is 0.255 e. The van der Waals surface area contributed by atoms with Gasteiger partial charge in [0.2, 0.25) is 0 Å². The summed E-state index contributed by atoms with van der Waals surface area (Å²) in [6.07, 6.45) is 2.49. The van der Waals surface area contributed by atoms with E-state index in [4.69, 9.17) is 17.3 Å². The fraction of sp³-hybridized carbons (Fsp3) is 0.235. The van der Waals surface area contributed by atoms with Crippen molar-refractivity contribution in [3.8, 4) is 0 Å². The topological polar surface area (TPSA) is 58.4 Å². The number of nitrogens with zero attached hydrogens (tertiary/aromatic N) is 1. The SMILES string of the molecule is Nc1cc(C(=O)Nc2ccc(N3CCCC3)cc2)ccc1Cl. The number of nitrogens with one attached hydrogen (secondary N) is 1. The van der Waals surface area contributed by atoms with Crippen molar-refractivity contribution in [3.63, 3.8) is 0 Å². The molecule has 3 rings (SSSR count). The van der Waals surface area contributed by atoms with Crippen LogP contribution in [0.25, 0.3) is 0 Å². The molecule has 0 atom stereocenters. The molecule has 4 nitrogen and oxygen atoms in total. The van der Waals surface area contributed by atoms with Crippen molar-refractivity contribution in [2.45, 2.75) is 12.8 Å². The van der Waals surface area contributed by atoms with Crippen LogP contribution < -0.4 is 16.0 Å². The zero-order valence-electron chi connectivity index (χ0n) is 12.2. The molecule has 1 aliphatic rings. The van der Waals surface area contributed by atoms with E-state index < -0.39 is 0 Å². The van der Waals surface area contributed by atoms with E-state index in [1.54, 1.807) is 18.2 Å². The molecule has 114 valence electrons. The Hall–Kier alpha value is -2.20. The van der Waals surface area contributed by atoms with Crippen LogP contribution in [0.3, 0.4) is 0 Å². The fourth-order valence-electron chi connectivity index (χ4n) is 2.62. The fourth-order valence-corrected chi connectivity index (χ4v) is 2.74. The highest BCUT2D eigenvalue weighted by Crippen LogP contribution is 2.23. The molecule has 0 spiro atoms. The van der Waals surface area contributed by atoms with Crippen LogP contribution in [0, 0.1) is 0 Å². The lowest BCUT2D eigenvalue weighted by Crippen LogP contribution is -2.17. The molecule has 0 aromatic heterocycles. The molecular formula is C17H18ClN3O. The first-order valence-corrected chi connectivity index (χ1v) is 7.73. The van der Waals surface area contributed by atoms with Crippen LogP contribution in [0.1, 0.15) is 23.2 Å². The van der Waals surface area contributed by atoms with Crippen LogP contribution in [0.5, 0.6) is 0 Å². The van der Waals surface area contributed by atoms with Gasteiger partial charge < -0.3 is 16.0 Å². The molecule has 1 saturated heterocycles. The van der Waals surface area contributed by atoms with Gasteiger partial charge in [0.25, 0.3) is 5.91 Å². The molecule has 2 aromatic carbocycles. The van der Waals surface area contributed by atoms with Crippen LogP contribution in [0.4, 0.5) is 17.1 Å². The number of nitrogen functional groups attached to an aromatic ring is 1. The first-order chi connectivity index (χ1) is 10.6. The average molecular weight is 316 g/mol. The predicted molar refractivity (Wildman–Crippen MR) is 91.7 cm³/mol. The summed E-state index contributed by atoms with van der Waals surface area (Å²) in [6.45, 7) is 2.21. The van der Waals surface area contributed by atoms with E-state index in [0.29, 0.717) is 16.3 Å². The van der Waals surface area contributed by atoms with Crippen molar-refractivity contribution in [3.05, 3.63) is 53.1 Å². The summed E-state index contributed by atoms with van der Waals surface area (Å²) < 4.78 is 0. The first kappa shape index (κ1) is 14.7. The third kappa shape index (κ3) is 3.17. The van der Waals surface area contributed by atoms with Gasteiger partial charge in [-0.1, -0.05) is 11.6 Å². The highest BCUT2D eigenvalue weighted by Gasteiger charge is 2.12. The van der Waals surface area contributed by atoms with E-state index in [0.717, 1.165) is 18.8 Å². The van der Waals surface area contributed by atoms with Crippen molar-refractivity contribution < 1.29 is 4.79 Å². The highest BCUT2D eigenvalue weighted by molar-refractivity contribution is 6.33. The van der Waals surface area contributed by atoms with Crippen molar-refractivity contribution in [2.24, 2.45) is 0 Å². The Morgan fingerprint density at radius 1 is 1.09 bits per heavy atom. The molecule has 1 fully saturated rings. The summed E-state index contributed by atoms with van der Waals surface area (Å²) in [5, 5.41) is 3.32. The van der Waals surface area contributed by atoms with Gasteiger partial charge in [-0.15, -0.1) is 0 Å². The second-order valence-electron chi connectivity index (χ2n) is 5.43. The number of halogens is 1. The van der Waals surface area contributed by atoms with Gasteiger partial charge >= 0.3 is 0 Å². The number of carbonyl (C=O) groups is 1. The van der Waals surface area contributed by atoms with E-state index in [2.05, 4.69) is 10.2 Å². The molecule has 1 heterocycles. The number of nitrogens with two attached hydrogens (primary N) is 1. The molecule has 5 heteroatoms. The normalized spacial score (nSPS) is 14.1. The summed E-state index contributed by atoms with van der Waals surface area (Å²) in [7, 11) is 0. The van der Waals surface area contributed by atoms with Gasteiger partial charge in [-0.05, 0) is 55.3 Å². The zero-order chi connectivity index (χ0) is 15.5. The Balaban J connectivity index is 1.69. The summed E-state index contributed by atoms with van der Waals surface area (Å²) in [4.78, 5) is 14.6. The molecule has 1 aliphatic heterocycles. The Bertz CT molecular complexity index is 679. The molecule has 0 bridgehead atoms. The molecular weight excluding hydrogens is 298 g/mol. The molecule has 2 aromatic rings. The molecule has 3 N–H and O–H groups in total. The van der Waals surface area contributed by atoms with E-state index >= 15 is 0 Å². The Morgan fingerprint density at radius 2 is 1.77 bits per heavy atom. The maximum absolute atomic E-state index is 12.2. The molecule has 0 radical (unpaired) electrons. The second-order valence-corrected chi connectivity index (χ2v) is 5.84. The van der Waals surface area contributed by atoms with Gasteiger partial charge in [-0.3, -0.25) is 4.79 Å². The summed E-state index contributed by atoms with van der Waals surface area (Å²) >= 11 is 5.86. The van der Waals surface area contributed by atoms with Gasteiger partial charge in [0.15, 0.2) is 0 Å². The number of anilines is 3. The summed E-state index contributed by atoms with van der Waals surface area (Å²) in [5.41, 5.74) is 8.58. The van der Waals surface area contributed by atoms with E-state index in [9.17, 15) is 4.79 Å². The number of hydrogen-bond donors (Lipinski definition) is 2. The molecule has 1 amide bonds. The largest absolute Gasteiger partial charge is 0.398 e. The molecule has 0 saturated carbocycles. The number of amides is 1. The molecule has 22 heavy (non-hydrogen) atoms. The Morgan fingerprint density at radius 3 is 2.41 bits per heavy atom. The number of hydrogen-bond acceptors (Lipinski definition) is 3. The highest BCUT2D eigenvalue weighted by atomic mass is 35.5. The smallest absolute Gasteiger partial charge is 0.255 e. The lowest BCUT2D eigenvalue weighted by molar-refractivity contribution is 0.102. The van der Waals surface area contributed by atoms with Gasteiger partial charge in [-0.25, -0.2) is 0 Å². The van der Waals surface area contributed by atoms with Gasteiger partial charge in [-0.2, -0.15) is 0 Å². The maximum atomic E-state index is 12.2. The number of carbonyl (C=O) groups excluding carboxylic acids is 1. The van der Waals surface area contributed by atoms with Crippen LogP contribution in [-0.2, 0) is 0 Å². The zero-order valence-corrected chi connectivity index (χ0v) is 12.9.